The molecule has 0 radical (unpaired) electrons. The first-order valence-corrected chi connectivity index (χ1v) is 10.2. The Morgan fingerprint density at radius 3 is 2.41 bits per heavy atom. The zero-order chi connectivity index (χ0) is 20.0. The Morgan fingerprint density at radius 1 is 1.10 bits per heavy atom. The van der Waals surface area contributed by atoms with Gasteiger partial charge in [0.1, 0.15) is 0 Å². The number of aromatic nitrogens is 3. The average Bonchev–Trinajstić information content (AvgIpc) is 3.04. The van der Waals surface area contributed by atoms with Gasteiger partial charge in [0.2, 0.25) is 11.8 Å². The molecule has 2 aliphatic heterocycles. The van der Waals surface area contributed by atoms with Gasteiger partial charge >= 0.3 is 0 Å². The lowest BCUT2D eigenvalue weighted by atomic mass is 9.96. The molecule has 1 unspecified atom stereocenters. The minimum absolute atomic E-state index is 0.0893. The average molecular weight is 391 g/mol. The van der Waals surface area contributed by atoms with Gasteiger partial charge in [-0.3, -0.25) is 14.6 Å². The molecule has 4 heterocycles. The van der Waals surface area contributed by atoms with E-state index in [0.717, 1.165) is 24.1 Å². The normalized spacial score (nSPS) is 20.7. The van der Waals surface area contributed by atoms with Crippen molar-refractivity contribution in [3.8, 4) is 0 Å². The Kier molecular flexibility index (Phi) is 4.26. The number of hydrogen-bond acceptors (Lipinski definition) is 4. The van der Waals surface area contributed by atoms with Crippen molar-refractivity contribution in [1.29, 1.82) is 0 Å². The second kappa shape index (κ2) is 6.83. The SMILES string of the molecule is CC(Cc1cnc[nH]1)C(=O)N1CC2=C(C1)CN(C(=O)C1(c3cccnc3)CC1)C2. The zero-order valence-corrected chi connectivity index (χ0v) is 16.6. The van der Waals surface area contributed by atoms with Crippen LogP contribution in [-0.4, -0.2) is 62.7 Å². The maximum absolute atomic E-state index is 13.2. The van der Waals surface area contributed by atoms with Crippen LogP contribution in [0.25, 0.3) is 0 Å². The van der Waals surface area contributed by atoms with Gasteiger partial charge in [-0.15, -0.1) is 0 Å². The predicted octanol–water partition coefficient (Wildman–Crippen LogP) is 1.70. The largest absolute Gasteiger partial charge is 0.348 e. The van der Waals surface area contributed by atoms with Gasteiger partial charge in [-0.05, 0) is 35.6 Å². The van der Waals surface area contributed by atoms with Crippen LogP contribution < -0.4 is 0 Å². The fourth-order valence-electron chi connectivity index (χ4n) is 4.70. The summed E-state index contributed by atoms with van der Waals surface area (Å²) in [5.74, 6) is 0.291. The summed E-state index contributed by atoms with van der Waals surface area (Å²) < 4.78 is 0. The van der Waals surface area contributed by atoms with Gasteiger partial charge in [0.15, 0.2) is 0 Å². The summed E-state index contributed by atoms with van der Waals surface area (Å²) in [6, 6.07) is 3.91. The van der Waals surface area contributed by atoms with E-state index in [2.05, 4.69) is 15.0 Å². The minimum atomic E-state index is -0.373. The number of carbonyl (C=O) groups excluding carboxylic acids is 2. The molecule has 7 heteroatoms. The molecule has 1 N–H and O–H groups in total. The summed E-state index contributed by atoms with van der Waals surface area (Å²) in [7, 11) is 0. The van der Waals surface area contributed by atoms with Crippen molar-refractivity contribution in [1.82, 2.24) is 24.8 Å². The molecule has 7 nitrogen and oxygen atoms in total. The molecule has 1 atom stereocenters. The quantitative estimate of drug-likeness (QED) is 0.787. The first-order chi connectivity index (χ1) is 14.1. The Morgan fingerprint density at radius 2 is 1.83 bits per heavy atom. The van der Waals surface area contributed by atoms with Gasteiger partial charge in [0.25, 0.3) is 0 Å². The number of nitrogens with one attached hydrogen (secondary N) is 1. The van der Waals surface area contributed by atoms with Crippen molar-refractivity contribution < 1.29 is 9.59 Å². The van der Waals surface area contributed by atoms with Gasteiger partial charge in [0, 0.05) is 62.8 Å². The summed E-state index contributed by atoms with van der Waals surface area (Å²) in [5.41, 5.74) is 4.11. The maximum Gasteiger partial charge on any atom is 0.233 e. The highest BCUT2D eigenvalue weighted by Gasteiger charge is 2.54. The highest BCUT2D eigenvalue weighted by atomic mass is 16.2. The molecule has 0 aromatic carbocycles. The number of amides is 2. The Balaban J connectivity index is 1.19. The van der Waals surface area contributed by atoms with Crippen molar-refractivity contribution in [3.05, 3.63) is 59.5 Å². The third kappa shape index (κ3) is 3.14. The van der Waals surface area contributed by atoms with Crippen LogP contribution in [0.4, 0.5) is 0 Å². The molecular weight excluding hydrogens is 366 g/mol. The van der Waals surface area contributed by atoms with Crippen LogP contribution in [0.15, 0.2) is 48.2 Å². The molecule has 0 spiro atoms. The molecule has 1 saturated carbocycles. The molecule has 3 aliphatic rings. The molecule has 0 bridgehead atoms. The van der Waals surface area contributed by atoms with Crippen LogP contribution in [0.3, 0.4) is 0 Å². The summed E-state index contributed by atoms with van der Waals surface area (Å²) in [6.45, 7) is 4.55. The van der Waals surface area contributed by atoms with E-state index in [9.17, 15) is 9.59 Å². The molecule has 29 heavy (non-hydrogen) atoms. The van der Waals surface area contributed by atoms with E-state index in [0.29, 0.717) is 32.6 Å². The molecular formula is C22H25N5O2. The van der Waals surface area contributed by atoms with Crippen LogP contribution in [0.2, 0.25) is 0 Å². The zero-order valence-electron chi connectivity index (χ0n) is 16.6. The Labute approximate surface area is 169 Å². The number of carbonyl (C=O) groups is 2. The minimum Gasteiger partial charge on any atom is -0.348 e. The highest BCUT2D eigenvalue weighted by Crippen LogP contribution is 2.50. The number of hydrogen-bond donors (Lipinski definition) is 1. The van der Waals surface area contributed by atoms with Crippen molar-refractivity contribution in [2.75, 3.05) is 26.2 Å². The number of rotatable bonds is 5. The number of aromatic amines is 1. The lowest BCUT2D eigenvalue weighted by molar-refractivity contribution is -0.134. The first-order valence-electron chi connectivity index (χ1n) is 10.2. The van der Waals surface area contributed by atoms with Gasteiger partial charge in [-0.1, -0.05) is 13.0 Å². The highest BCUT2D eigenvalue weighted by molar-refractivity contribution is 5.92. The van der Waals surface area contributed by atoms with E-state index in [1.807, 2.05) is 35.1 Å². The van der Waals surface area contributed by atoms with Gasteiger partial charge in [-0.2, -0.15) is 0 Å². The van der Waals surface area contributed by atoms with E-state index in [-0.39, 0.29) is 23.1 Å². The van der Waals surface area contributed by atoms with Gasteiger partial charge in [-0.25, -0.2) is 4.98 Å². The second-order valence-corrected chi connectivity index (χ2v) is 8.57. The van der Waals surface area contributed by atoms with Crippen molar-refractivity contribution in [2.45, 2.75) is 31.6 Å². The van der Waals surface area contributed by atoms with E-state index in [4.69, 9.17) is 0 Å². The third-order valence-electron chi connectivity index (χ3n) is 6.50. The summed E-state index contributed by atoms with van der Waals surface area (Å²) in [6.07, 6.45) is 9.44. The van der Waals surface area contributed by atoms with Crippen LogP contribution in [0, 0.1) is 5.92 Å². The third-order valence-corrected chi connectivity index (χ3v) is 6.50. The van der Waals surface area contributed by atoms with Gasteiger partial charge < -0.3 is 14.8 Å². The van der Waals surface area contributed by atoms with Gasteiger partial charge in [0.05, 0.1) is 11.7 Å². The number of imidazole rings is 1. The molecule has 2 aromatic rings. The number of pyridine rings is 1. The number of nitrogens with zero attached hydrogens (tertiary/aromatic N) is 4. The predicted molar refractivity (Wildman–Crippen MR) is 107 cm³/mol. The number of H-pyrrole nitrogens is 1. The summed E-state index contributed by atoms with van der Waals surface area (Å²) >= 11 is 0. The molecule has 5 rings (SSSR count). The second-order valence-electron chi connectivity index (χ2n) is 8.57. The van der Waals surface area contributed by atoms with E-state index in [1.54, 1.807) is 18.7 Å². The van der Waals surface area contributed by atoms with Crippen molar-refractivity contribution in [2.24, 2.45) is 5.92 Å². The first kappa shape index (κ1) is 18.1. The smallest absolute Gasteiger partial charge is 0.233 e. The lowest BCUT2D eigenvalue weighted by Crippen LogP contribution is -2.42. The van der Waals surface area contributed by atoms with Crippen molar-refractivity contribution in [3.63, 3.8) is 0 Å². The summed E-state index contributed by atoms with van der Waals surface area (Å²) in [5, 5.41) is 0. The molecule has 1 aliphatic carbocycles. The Hall–Kier alpha value is -2.96. The monoisotopic (exact) mass is 391 g/mol. The topological polar surface area (TPSA) is 82.2 Å². The van der Waals surface area contributed by atoms with E-state index >= 15 is 0 Å². The lowest BCUT2D eigenvalue weighted by Gasteiger charge is -2.27. The summed E-state index contributed by atoms with van der Waals surface area (Å²) in [4.78, 5) is 41.3. The molecule has 150 valence electrons. The molecule has 0 saturated heterocycles. The van der Waals surface area contributed by atoms with Crippen LogP contribution in [-0.2, 0) is 21.4 Å². The maximum atomic E-state index is 13.2. The van der Waals surface area contributed by atoms with Crippen LogP contribution in [0.5, 0.6) is 0 Å². The van der Waals surface area contributed by atoms with E-state index in [1.165, 1.54) is 11.1 Å². The van der Waals surface area contributed by atoms with Crippen molar-refractivity contribution >= 4 is 11.8 Å². The fraction of sp³-hybridized carbons (Fsp3) is 0.455. The molecule has 1 fully saturated rings. The van der Waals surface area contributed by atoms with Crippen LogP contribution in [0.1, 0.15) is 31.0 Å². The van der Waals surface area contributed by atoms with E-state index < -0.39 is 0 Å². The van der Waals surface area contributed by atoms with Crippen LogP contribution >= 0.6 is 0 Å². The standard InChI is InChI=1S/C22H25N5O2/c1-15(7-19-9-24-14-25-19)20(28)26-10-16-12-27(13-17(16)11-26)21(29)22(4-5-22)18-3-2-6-23-8-18/h2-3,6,8-9,14-15H,4-5,7,10-13H2,1H3,(H,24,25). The fourth-order valence-corrected chi connectivity index (χ4v) is 4.70. The Bertz CT molecular complexity index is 944. The molecule has 2 aromatic heterocycles. The molecule has 2 amide bonds.